The third-order valence-electron chi connectivity index (χ3n) is 4.13. The fraction of sp³-hybridized carbons (Fsp3) is 0.250. The fourth-order valence-corrected chi connectivity index (χ4v) is 2.72. The van der Waals surface area contributed by atoms with Crippen LogP contribution in [0.4, 0.5) is 4.39 Å². The van der Waals surface area contributed by atoms with Crippen LogP contribution >= 0.6 is 0 Å². The molecule has 136 valence electrons. The van der Waals surface area contributed by atoms with Gasteiger partial charge in [-0.2, -0.15) is 0 Å². The standard InChI is InChI=1S/C20H22FN3O2/c1-3-22-20(23-11-14-8-9-17(25)16(21)10-14)24-12-19-13(2)15-6-4-5-7-18(15)26-19/h4-10,25H,3,11-12H2,1-2H3,(H2,22,23,24). The van der Waals surface area contributed by atoms with Crippen LogP contribution in [0.1, 0.15) is 23.8 Å². The van der Waals surface area contributed by atoms with Crippen molar-refractivity contribution < 1.29 is 13.9 Å². The Morgan fingerprint density at radius 1 is 1.19 bits per heavy atom. The van der Waals surface area contributed by atoms with Gasteiger partial charge in [-0.1, -0.05) is 24.3 Å². The van der Waals surface area contributed by atoms with Gasteiger partial charge in [0.15, 0.2) is 17.5 Å². The summed E-state index contributed by atoms with van der Waals surface area (Å²) in [5, 5.41) is 16.8. The molecule has 1 heterocycles. The maximum absolute atomic E-state index is 13.4. The van der Waals surface area contributed by atoms with Crippen LogP contribution in [0.3, 0.4) is 0 Å². The minimum Gasteiger partial charge on any atom is -0.505 e. The van der Waals surface area contributed by atoms with Gasteiger partial charge in [-0.05, 0) is 37.6 Å². The molecule has 0 radical (unpaired) electrons. The van der Waals surface area contributed by atoms with Crippen molar-refractivity contribution in [2.75, 3.05) is 6.54 Å². The second-order valence-corrected chi connectivity index (χ2v) is 5.98. The smallest absolute Gasteiger partial charge is 0.191 e. The highest BCUT2D eigenvalue weighted by molar-refractivity contribution is 5.83. The van der Waals surface area contributed by atoms with Crippen molar-refractivity contribution in [3.05, 3.63) is 65.2 Å². The van der Waals surface area contributed by atoms with Gasteiger partial charge in [0, 0.05) is 17.5 Å². The fourth-order valence-electron chi connectivity index (χ4n) is 2.72. The average molecular weight is 355 g/mol. The Balaban J connectivity index is 1.71. The predicted molar refractivity (Wildman–Crippen MR) is 101 cm³/mol. The second kappa shape index (κ2) is 7.91. The van der Waals surface area contributed by atoms with E-state index in [9.17, 15) is 9.50 Å². The molecule has 5 nitrogen and oxygen atoms in total. The van der Waals surface area contributed by atoms with Gasteiger partial charge in [-0.25, -0.2) is 9.38 Å². The van der Waals surface area contributed by atoms with Crippen molar-refractivity contribution >= 4 is 16.9 Å². The number of fused-ring (bicyclic) bond motifs is 1. The van der Waals surface area contributed by atoms with E-state index in [1.54, 1.807) is 6.07 Å². The van der Waals surface area contributed by atoms with E-state index in [0.717, 1.165) is 22.3 Å². The van der Waals surface area contributed by atoms with E-state index < -0.39 is 5.82 Å². The number of halogens is 1. The lowest BCUT2D eigenvalue weighted by molar-refractivity contribution is 0.432. The summed E-state index contributed by atoms with van der Waals surface area (Å²) in [6, 6.07) is 12.2. The molecule has 3 rings (SSSR count). The van der Waals surface area contributed by atoms with Crippen LogP contribution < -0.4 is 10.6 Å². The lowest BCUT2D eigenvalue weighted by Crippen LogP contribution is -2.36. The van der Waals surface area contributed by atoms with Gasteiger partial charge in [0.2, 0.25) is 0 Å². The van der Waals surface area contributed by atoms with Gasteiger partial charge in [0.25, 0.3) is 0 Å². The molecule has 2 aromatic carbocycles. The summed E-state index contributed by atoms with van der Waals surface area (Å²) in [5.41, 5.74) is 2.64. The van der Waals surface area contributed by atoms with Crippen LogP contribution in [-0.2, 0) is 13.1 Å². The summed E-state index contributed by atoms with van der Waals surface area (Å²) < 4.78 is 19.3. The first kappa shape index (κ1) is 17.8. The van der Waals surface area contributed by atoms with Crippen molar-refractivity contribution in [1.82, 2.24) is 10.6 Å². The molecule has 0 unspecified atom stereocenters. The number of aliphatic imine (C=N–C) groups is 1. The molecule has 0 saturated heterocycles. The zero-order valence-electron chi connectivity index (χ0n) is 14.8. The lowest BCUT2D eigenvalue weighted by Gasteiger charge is -2.10. The third kappa shape index (κ3) is 3.96. The predicted octanol–water partition coefficient (Wildman–Crippen LogP) is 3.84. The molecule has 3 N–H and O–H groups in total. The van der Waals surface area contributed by atoms with E-state index in [2.05, 4.69) is 15.6 Å². The number of nitrogens with zero attached hydrogens (tertiary/aromatic N) is 1. The Labute approximate surface area is 151 Å². The Morgan fingerprint density at radius 3 is 2.73 bits per heavy atom. The third-order valence-corrected chi connectivity index (χ3v) is 4.13. The number of guanidine groups is 1. The molecule has 0 aliphatic heterocycles. The number of nitrogens with one attached hydrogen (secondary N) is 2. The number of aromatic hydroxyl groups is 1. The van der Waals surface area contributed by atoms with Crippen LogP contribution in [0, 0.1) is 12.7 Å². The monoisotopic (exact) mass is 355 g/mol. The van der Waals surface area contributed by atoms with Gasteiger partial charge in [-0.3, -0.25) is 0 Å². The van der Waals surface area contributed by atoms with E-state index >= 15 is 0 Å². The van der Waals surface area contributed by atoms with Gasteiger partial charge in [-0.15, -0.1) is 0 Å². The molecule has 0 spiro atoms. The molecule has 1 aromatic heterocycles. The van der Waals surface area contributed by atoms with Gasteiger partial charge in [0.05, 0.1) is 13.1 Å². The normalized spacial score (nSPS) is 11.7. The molecule has 0 bridgehead atoms. The highest BCUT2D eigenvalue weighted by Crippen LogP contribution is 2.24. The summed E-state index contributed by atoms with van der Waals surface area (Å²) in [4.78, 5) is 4.46. The Kier molecular flexibility index (Phi) is 5.41. The highest BCUT2D eigenvalue weighted by atomic mass is 19.1. The SMILES string of the molecule is CCNC(=NCc1ccc(O)c(F)c1)NCc1oc2ccccc2c1C. The number of hydrogen-bond acceptors (Lipinski definition) is 3. The van der Waals surface area contributed by atoms with E-state index in [-0.39, 0.29) is 5.75 Å². The molecule has 6 heteroatoms. The zero-order valence-corrected chi connectivity index (χ0v) is 14.8. The molecule has 26 heavy (non-hydrogen) atoms. The summed E-state index contributed by atoms with van der Waals surface area (Å²) in [6.07, 6.45) is 0. The van der Waals surface area contributed by atoms with Crippen LogP contribution in [-0.4, -0.2) is 17.6 Å². The summed E-state index contributed by atoms with van der Waals surface area (Å²) in [5.74, 6) is 0.463. The Hall–Kier alpha value is -3.02. The lowest BCUT2D eigenvalue weighted by atomic mass is 10.1. The molecule has 0 saturated carbocycles. The van der Waals surface area contributed by atoms with Crippen LogP contribution in [0.25, 0.3) is 11.0 Å². The average Bonchev–Trinajstić information content (AvgIpc) is 2.96. The summed E-state index contributed by atoms with van der Waals surface area (Å²) >= 11 is 0. The number of furan rings is 1. The molecular formula is C20H22FN3O2. The minimum absolute atomic E-state index is 0.297. The van der Waals surface area contributed by atoms with Crippen molar-refractivity contribution in [1.29, 1.82) is 0 Å². The van der Waals surface area contributed by atoms with Crippen LogP contribution in [0.15, 0.2) is 51.9 Å². The Morgan fingerprint density at radius 2 is 2.00 bits per heavy atom. The molecule has 3 aromatic rings. The van der Waals surface area contributed by atoms with E-state index in [1.165, 1.54) is 12.1 Å². The second-order valence-electron chi connectivity index (χ2n) is 5.98. The zero-order chi connectivity index (χ0) is 18.5. The highest BCUT2D eigenvalue weighted by Gasteiger charge is 2.10. The number of rotatable bonds is 5. The van der Waals surface area contributed by atoms with Gasteiger partial charge >= 0.3 is 0 Å². The number of benzene rings is 2. The number of para-hydroxylation sites is 1. The number of aryl methyl sites for hydroxylation is 1. The van der Waals surface area contributed by atoms with Crippen molar-refractivity contribution in [2.45, 2.75) is 26.9 Å². The first-order valence-corrected chi connectivity index (χ1v) is 8.55. The number of phenols is 1. The first-order chi connectivity index (χ1) is 12.6. The van der Waals surface area contributed by atoms with Gasteiger partial charge < -0.3 is 20.2 Å². The van der Waals surface area contributed by atoms with E-state index in [0.29, 0.717) is 31.2 Å². The molecule has 0 aliphatic rings. The summed E-state index contributed by atoms with van der Waals surface area (Å²) in [7, 11) is 0. The minimum atomic E-state index is -0.645. The molecular weight excluding hydrogens is 333 g/mol. The van der Waals surface area contributed by atoms with Crippen LogP contribution in [0.2, 0.25) is 0 Å². The summed E-state index contributed by atoms with van der Waals surface area (Å²) in [6.45, 7) is 5.51. The van der Waals surface area contributed by atoms with Crippen molar-refractivity contribution in [3.8, 4) is 5.75 Å². The van der Waals surface area contributed by atoms with E-state index in [4.69, 9.17) is 4.42 Å². The largest absolute Gasteiger partial charge is 0.505 e. The number of hydrogen-bond donors (Lipinski definition) is 3. The molecule has 0 atom stereocenters. The first-order valence-electron chi connectivity index (χ1n) is 8.55. The molecule has 0 amide bonds. The van der Waals surface area contributed by atoms with E-state index in [1.807, 2.05) is 38.1 Å². The number of phenolic OH excluding ortho intramolecular Hbond substituents is 1. The maximum Gasteiger partial charge on any atom is 0.191 e. The van der Waals surface area contributed by atoms with Crippen molar-refractivity contribution in [3.63, 3.8) is 0 Å². The quantitative estimate of drug-likeness (QED) is 0.480. The van der Waals surface area contributed by atoms with Gasteiger partial charge in [0.1, 0.15) is 11.3 Å². The molecule has 0 aliphatic carbocycles. The van der Waals surface area contributed by atoms with Crippen molar-refractivity contribution in [2.24, 2.45) is 4.99 Å². The maximum atomic E-state index is 13.4. The van der Waals surface area contributed by atoms with Crippen LogP contribution in [0.5, 0.6) is 5.75 Å². The Bertz CT molecular complexity index is 934. The topological polar surface area (TPSA) is 69.8 Å². The molecule has 0 fully saturated rings.